The standard InChI is InChI=1S/C21H16BrN3O3S/c1-11-3-5-14(6-4-11)18(26)16-17(13-7-9-15(22)10-8-13)25(20(28)19(16)27)21-24-23-12(2)29-21/h3-10,16-17H,1-2H3. The number of carbonyl (C=O) groups excluding carboxylic acids is 3. The number of hydrogen-bond donors (Lipinski definition) is 0. The monoisotopic (exact) mass is 469 g/mol. The molecule has 1 aliphatic heterocycles. The third-order valence-electron chi connectivity index (χ3n) is 4.86. The number of anilines is 1. The van der Waals surface area contributed by atoms with Crippen LogP contribution in [-0.4, -0.2) is 27.7 Å². The molecule has 6 nitrogen and oxygen atoms in total. The van der Waals surface area contributed by atoms with Crippen LogP contribution in [0.25, 0.3) is 0 Å². The van der Waals surface area contributed by atoms with E-state index in [1.165, 1.54) is 16.2 Å². The van der Waals surface area contributed by atoms with Crippen molar-refractivity contribution in [2.24, 2.45) is 5.92 Å². The molecule has 0 radical (unpaired) electrons. The lowest BCUT2D eigenvalue weighted by molar-refractivity contribution is -0.135. The second kappa shape index (κ2) is 7.61. The number of benzene rings is 2. The third-order valence-corrected chi connectivity index (χ3v) is 6.22. The quantitative estimate of drug-likeness (QED) is 0.326. The summed E-state index contributed by atoms with van der Waals surface area (Å²) in [5, 5.41) is 9.01. The van der Waals surface area contributed by atoms with Crippen LogP contribution in [0.2, 0.25) is 0 Å². The van der Waals surface area contributed by atoms with Gasteiger partial charge in [-0.15, -0.1) is 10.2 Å². The topological polar surface area (TPSA) is 80.2 Å². The summed E-state index contributed by atoms with van der Waals surface area (Å²) in [6, 6.07) is 13.5. The van der Waals surface area contributed by atoms with Gasteiger partial charge in [0.15, 0.2) is 5.78 Å². The molecule has 0 N–H and O–H groups in total. The Morgan fingerprint density at radius 2 is 1.66 bits per heavy atom. The Kier molecular flexibility index (Phi) is 5.14. The first-order valence-corrected chi connectivity index (χ1v) is 10.5. The van der Waals surface area contributed by atoms with Crippen molar-refractivity contribution in [3.05, 3.63) is 74.7 Å². The maximum Gasteiger partial charge on any atom is 0.297 e. The van der Waals surface area contributed by atoms with Gasteiger partial charge in [0.05, 0.1) is 6.04 Å². The van der Waals surface area contributed by atoms with Crippen LogP contribution in [0.1, 0.15) is 32.5 Å². The third kappa shape index (κ3) is 3.54. The van der Waals surface area contributed by atoms with Gasteiger partial charge in [-0.2, -0.15) is 0 Å². The van der Waals surface area contributed by atoms with Gasteiger partial charge < -0.3 is 0 Å². The molecule has 146 valence electrons. The Morgan fingerprint density at radius 3 is 2.24 bits per heavy atom. The number of halogens is 1. The molecule has 8 heteroatoms. The smallest absolute Gasteiger partial charge is 0.293 e. The highest BCUT2D eigenvalue weighted by Crippen LogP contribution is 2.42. The number of ketones is 2. The molecule has 2 atom stereocenters. The first-order chi connectivity index (χ1) is 13.9. The van der Waals surface area contributed by atoms with E-state index in [0.29, 0.717) is 21.3 Å². The van der Waals surface area contributed by atoms with Crippen molar-refractivity contribution in [1.29, 1.82) is 0 Å². The number of amides is 1. The van der Waals surface area contributed by atoms with Crippen molar-refractivity contribution >= 4 is 49.9 Å². The number of hydrogen-bond acceptors (Lipinski definition) is 6. The van der Waals surface area contributed by atoms with E-state index in [2.05, 4.69) is 26.1 Å². The van der Waals surface area contributed by atoms with E-state index in [-0.39, 0.29) is 5.78 Å². The highest BCUT2D eigenvalue weighted by Gasteiger charge is 2.53. The predicted octanol–water partition coefficient (Wildman–Crippen LogP) is 4.07. The summed E-state index contributed by atoms with van der Waals surface area (Å²) in [7, 11) is 0. The minimum absolute atomic E-state index is 0.313. The van der Waals surface area contributed by atoms with Crippen LogP contribution in [0.3, 0.4) is 0 Å². The molecule has 1 aromatic heterocycles. The Hall–Kier alpha value is -2.71. The molecule has 3 aromatic rings. The summed E-state index contributed by atoms with van der Waals surface area (Å²) < 4.78 is 0.858. The van der Waals surface area contributed by atoms with Crippen LogP contribution in [0.15, 0.2) is 53.0 Å². The van der Waals surface area contributed by atoms with E-state index in [0.717, 1.165) is 10.0 Å². The number of Topliss-reactive ketones (excluding diaryl/α,β-unsaturated/α-hetero) is 2. The number of aryl methyl sites for hydroxylation is 2. The fraction of sp³-hybridized carbons (Fsp3) is 0.190. The number of nitrogens with zero attached hydrogens (tertiary/aromatic N) is 3. The van der Waals surface area contributed by atoms with Crippen molar-refractivity contribution in [3.63, 3.8) is 0 Å². The van der Waals surface area contributed by atoms with E-state index in [1.54, 1.807) is 31.2 Å². The molecule has 2 aromatic carbocycles. The van der Waals surface area contributed by atoms with Gasteiger partial charge in [-0.05, 0) is 31.5 Å². The second-order valence-corrected chi connectivity index (χ2v) is 8.92. The van der Waals surface area contributed by atoms with Gasteiger partial charge >= 0.3 is 0 Å². The van der Waals surface area contributed by atoms with Crippen LogP contribution in [-0.2, 0) is 9.59 Å². The first-order valence-electron chi connectivity index (χ1n) is 8.90. The number of rotatable bonds is 4. The van der Waals surface area contributed by atoms with Crippen LogP contribution >= 0.6 is 27.3 Å². The van der Waals surface area contributed by atoms with E-state index < -0.39 is 23.7 Å². The predicted molar refractivity (Wildman–Crippen MR) is 113 cm³/mol. The fourth-order valence-corrected chi connectivity index (χ4v) is 4.41. The van der Waals surface area contributed by atoms with Crippen molar-refractivity contribution in [2.45, 2.75) is 19.9 Å². The van der Waals surface area contributed by atoms with E-state index in [1.807, 2.05) is 31.2 Å². The summed E-state index contributed by atoms with van der Waals surface area (Å²) in [6.45, 7) is 3.69. The minimum atomic E-state index is -1.14. The largest absolute Gasteiger partial charge is 0.297 e. The van der Waals surface area contributed by atoms with E-state index >= 15 is 0 Å². The highest BCUT2D eigenvalue weighted by atomic mass is 79.9. The summed E-state index contributed by atoms with van der Waals surface area (Å²) >= 11 is 4.61. The van der Waals surface area contributed by atoms with Crippen molar-refractivity contribution in [2.75, 3.05) is 4.90 Å². The molecule has 2 heterocycles. The molecule has 1 amide bonds. The average molecular weight is 470 g/mol. The normalized spacial score (nSPS) is 19.1. The number of aromatic nitrogens is 2. The Balaban J connectivity index is 1.84. The molecular weight excluding hydrogens is 454 g/mol. The van der Waals surface area contributed by atoms with Gasteiger partial charge in [-0.25, -0.2) is 0 Å². The highest BCUT2D eigenvalue weighted by molar-refractivity contribution is 9.10. The van der Waals surface area contributed by atoms with Crippen molar-refractivity contribution in [3.8, 4) is 0 Å². The molecule has 1 fully saturated rings. The summed E-state index contributed by atoms with van der Waals surface area (Å²) in [5.74, 6) is -2.98. The lowest BCUT2D eigenvalue weighted by Crippen LogP contribution is -2.30. The maximum atomic E-state index is 13.3. The lowest BCUT2D eigenvalue weighted by Gasteiger charge is -2.24. The Morgan fingerprint density at radius 1 is 1.00 bits per heavy atom. The van der Waals surface area contributed by atoms with Crippen LogP contribution in [0, 0.1) is 19.8 Å². The maximum absolute atomic E-state index is 13.3. The van der Waals surface area contributed by atoms with Gasteiger partial charge in [0.25, 0.3) is 5.91 Å². The van der Waals surface area contributed by atoms with Gasteiger partial charge in [0.1, 0.15) is 10.9 Å². The second-order valence-electron chi connectivity index (χ2n) is 6.85. The SMILES string of the molecule is Cc1ccc(C(=O)C2C(=O)C(=O)N(c3nnc(C)s3)C2c2ccc(Br)cc2)cc1. The average Bonchev–Trinajstić information content (AvgIpc) is 3.24. The summed E-state index contributed by atoms with van der Waals surface area (Å²) in [6.07, 6.45) is 0. The van der Waals surface area contributed by atoms with Gasteiger partial charge in [0, 0.05) is 10.0 Å². The van der Waals surface area contributed by atoms with Crippen LogP contribution in [0.4, 0.5) is 5.13 Å². The molecule has 0 aliphatic carbocycles. The molecule has 29 heavy (non-hydrogen) atoms. The fourth-order valence-electron chi connectivity index (χ4n) is 3.42. The van der Waals surface area contributed by atoms with E-state index in [9.17, 15) is 14.4 Å². The molecule has 0 spiro atoms. The van der Waals surface area contributed by atoms with Crippen LogP contribution in [0.5, 0.6) is 0 Å². The molecular formula is C21H16BrN3O3S. The van der Waals surface area contributed by atoms with Crippen LogP contribution < -0.4 is 4.90 Å². The molecule has 0 bridgehead atoms. The Bertz CT molecular complexity index is 1110. The number of carbonyl (C=O) groups is 3. The van der Waals surface area contributed by atoms with Crippen molar-refractivity contribution in [1.82, 2.24) is 10.2 Å². The zero-order valence-corrected chi connectivity index (χ0v) is 18.0. The Labute approximate surface area is 179 Å². The molecule has 2 unspecified atom stereocenters. The molecule has 1 aliphatic rings. The first kappa shape index (κ1) is 19.6. The molecule has 1 saturated heterocycles. The zero-order valence-electron chi connectivity index (χ0n) is 15.6. The van der Waals surface area contributed by atoms with Gasteiger partial charge in [-0.3, -0.25) is 19.3 Å². The molecule has 4 rings (SSSR count). The summed E-state index contributed by atoms with van der Waals surface area (Å²) in [5.41, 5.74) is 2.09. The molecule has 0 saturated carbocycles. The lowest BCUT2D eigenvalue weighted by atomic mass is 9.86. The zero-order chi connectivity index (χ0) is 20.7. The summed E-state index contributed by atoms with van der Waals surface area (Å²) in [4.78, 5) is 40.5. The van der Waals surface area contributed by atoms with Gasteiger partial charge in [-0.1, -0.05) is 69.2 Å². The van der Waals surface area contributed by atoms with Crippen molar-refractivity contribution < 1.29 is 14.4 Å². The van der Waals surface area contributed by atoms with Gasteiger partial charge in [0.2, 0.25) is 10.9 Å². The van der Waals surface area contributed by atoms with E-state index in [4.69, 9.17) is 0 Å². The minimum Gasteiger partial charge on any atom is -0.293 e.